The van der Waals surface area contributed by atoms with E-state index >= 15 is 0 Å². The van der Waals surface area contributed by atoms with Crippen LogP contribution in [0.5, 0.6) is 0 Å². The molecule has 4 atom stereocenters. The quantitative estimate of drug-likeness (QED) is 0.634. The first kappa shape index (κ1) is 16.9. The molecule has 2 amide bonds. The van der Waals surface area contributed by atoms with Gasteiger partial charge in [-0.25, -0.2) is 9.59 Å². The van der Waals surface area contributed by atoms with Crippen LogP contribution in [0.1, 0.15) is 27.2 Å². The average molecular weight is 278 g/mol. The van der Waals surface area contributed by atoms with Crippen LogP contribution in [0.2, 0.25) is 0 Å². The zero-order valence-corrected chi connectivity index (χ0v) is 12.0. The molecule has 7 heteroatoms. The van der Waals surface area contributed by atoms with Gasteiger partial charge < -0.3 is 15.7 Å². The molecule has 3 unspecified atom stereocenters. The summed E-state index contributed by atoms with van der Waals surface area (Å²) in [5.74, 6) is -0.857. The third-order valence-corrected chi connectivity index (χ3v) is 3.60. The van der Waals surface area contributed by atoms with Gasteiger partial charge in [0, 0.05) is 28.9 Å². The van der Waals surface area contributed by atoms with Crippen LogP contribution < -0.4 is 10.6 Å². The van der Waals surface area contributed by atoms with Crippen molar-refractivity contribution in [2.24, 2.45) is 5.92 Å². The van der Waals surface area contributed by atoms with Crippen LogP contribution in [-0.4, -0.2) is 45.4 Å². The Balaban J connectivity index is 4.34. The average Bonchev–Trinajstić information content (AvgIpc) is 2.23. The molecule has 0 aromatic heterocycles. The van der Waals surface area contributed by atoms with Gasteiger partial charge in [-0.2, -0.15) is 0 Å². The SMILES string of the molecule is CCC(C)[C@H](NC(=O)NC(C)CS(C)=O)C(=O)O. The van der Waals surface area contributed by atoms with E-state index in [-0.39, 0.29) is 12.0 Å². The van der Waals surface area contributed by atoms with Crippen LogP contribution in [0.15, 0.2) is 0 Å². The Hall–Kier alpha value is -1.11. The lowest BCUT2D eigenvalue weighted by Gasteiger charge is -2.21. The molecule has 3 N–H and O–H groups in total. The highest BCUT2D eigenvalue weighted by molar-refractivity contribution is 7.84. The topological polar surface area (TPSA) is 95.5 Å². The molecular formula is C11H22N2O4S. The number of hydrogen-bond donors (Lipinski definition) is 3. The number of aliphatic carboxylic acids is 1. The molecule has 0 aliphatic carbocycles. The molecule has 0 fully saturated rings. The van der Waals surface area contributed by atoms with Gasteiger partial charge in [-0.15, -0.1) is 0 Å². The van der Waals surface area contributed by atoms with Crippen molar-refractivity contribution in [1.29, 1.82) is 0 Å². The molecule has 0 radical (unpaired) electrons. The first-order chi connectivity index (χ1) is 8.27. The van der Waals surface area contributed by atoms with Gasteiger partial charge in [0.25, 0.3) is 0 Å². The highest BCUT2D eigenvalue weighted by Gasteiger charge is 2.25. The molecule has 0 spiro atoms. The standard InChI is InChI=1S/C11H22N2O4S/c1-5-7(2)9(10(14)15)13-11(16)12-8(3)6-18(4)17/h7-9H,5-6H2,1-4H3,(H,14,15)(H2,12,13,16)/t7?,8?,9-,18?/m0/s1. The van der Waals surface area contributed by atoms with Crippen LogP contribution >= 0.6 is 0 Å². The van der Waals surface area contributed by atoms with Crippen LogP contribution in [0, 0.1) is 5.92 Å². The second-order valence-corrected chi connectivity index (χ2v) is 5.94. The molecule has 0 aliphatic rings. The monoisotopic (exact) mass is 278 g/mol. The maximum Gasteiger partial charge on any atom is 0.326 e. The minimum atomic E-state index is -1.05. The lowest BCUT2D eigenvalue weighted by Crippen LogP contribution is -2.51. The van der Waals surface area contributed by atoms with Crippen LogP contribution in [0.25, 0.3) is 0 Å². The summed E-state index contributed by atoms with van der Waals surface area (Å²) in [5.41, 5.74) is 0. The maximum atomic E-state index is 11.6. The van der Waals surface area contributed by atoms with Crippen molar-refractivity contribution >= 4 is 22.8 Å². The first-order valence-corrected chi connectivity index (χ1v) is 7.60. The first-order valence-electron chi connectivity index (χ1n) is 5.87. The van der Waals surface area contributed by atoms with E-state index in [1.165, 1.54) is 0 Å². The Labute approximate surface area is 110 Å². The third kappa shape index (κ3) is 6.58. The number of carboxylic acids is 1. The largest absolute Gasteiger partial charge is 0.480 e. The fourth-order valence-electron chi connectivity index (χ4n) is 1.48. The fraction of sp³-hybridized carbons (Fsp3) is 0.818. The summed E-state index contributed by atoms with van der Waals surface area (Å²) in [6.45, 7) is 5.35. The lowest BCUT2D eigenvalue weighted by molar-refractivity contribution is -0.140. The van der Waals surface area contributed by atoms with Crippen molar-refractivity contribution in [3.8, 4) is 0 Å². The van der Waals surface area contributed by atoms with Crippen LogP contribution in [0.4, 0.5) is 4.79 Å². The molecule has 0 saturated carbocycles. The Morgan fingerprint density at radius 2 is 1.83 bits per heavy atom. The Bertz CT molecular complexity index is 322. The molecule has 0 heterocycles. The number of amides is 2. The van der Waals surface area contributed by atoms with E-state index in [2.05, 4.69) is 10.6 Å². The summed E-state index contributed by atoms with van der Waals surface area (Å²) in [6.07, 6.45) is 2.21. The second-order valence-electron chi connectivity index (χ2n) is 4.46. The molecule has 0 aromatic carbocycles. The number of carbonyl (C=O) groups excluding carboxylic acids is 1. The number of rotatable bonds is 7. The van der Waals surface area contributed by atoms with Gasteiger partial charge in [-0.1, -0.05) is 20.3 Å². The van der Waals surface area contributed by atoms with Crippen molar-refractivity contribution in [1.82, 2.24) is 10.6 Å². The fourth-order valence-corrected chi connectivity index (χ4v) is 2.27. The van der Waals surface area contributed by atoms with Crippen LogP contribution in [-0.2, 0) is 15.6 Å². The van der Waals surface area contributed by atoms with Gasteiger partial charge >= 0.3 is 12.0 Å². The highest BCUT2D eigenvalue weighted by atomic mass is 32.2. The molecule has 0 bridgehead atoms. The van der Waals surface area contributed by atoms with Gasteiger partial charge in [0.2, 0.25) is 0 Å². The second kappa shape index (κ2) is 8.07. The van der Waals surface area contributed by atoms with Crippen LogP contribution in [0.3, 0.4) is 0 Å². The number of hydrogen-bond acceptors (Lipinski definition) is 3. The van der Waals surface area contributed by atoms with Gasteiger partial charge in [-0.05, 0) is 12.8 Å². The number of carbonyl (C=O) groups is 2. The van der Waals surface area contributed by atoms with Gasteiger partial charge in [0.05, 0.1) is 0 Å². The van der Waals surface area contributed by atoms with E-state index in [0.717, 1.165) is 0 Å². The lowest BCUT2D eigenvalue weighted by atomic mass is 9.99. The predicted molar refractivity (Wildman–Crippen MR) is 70.9 cm³/mol. The molecule has 0 aromatic rings. The third-order valence-electron chi connectivity index (χ3n) is 2.63. The Morgan fingerprint density at radius 1 is 1.28 bits per heavy atom. The molecule has 18 heavy (non-hydrogen) atoms. The zero-order valence-electron chi connectivity index (χ0n) is 11.2. The van der Waals surface area contributed by atoms with Crippen molar-refractivity contribution in [2.75, 3.05) is 12.0 Å². The zero-order chi connectivity index (χ0) is 14.3. The van der Waals surface area contributed by atoms with Crippen molar-refractivity contribution in [3.63, 3.8) is 0 Å². The number of carboxylic acid groups (broad SMARTS) is 1. The molecular weight excluding hydrogens is 256 g/mol. The summed E-state index contributed by atoms with van der Waals surface area (Å²) >= 11 is 0. The molecule has 6 nitrogen and oxygen atoms in total. The van der Waals surface area contributed by atoms with E-state index in [4.69, 9.17) is 5.11 Å². The van der Waals surface area contributed by atoms with E-state index < -0.39 is 28.8 Å². The Morgan fingerprint density at radius 3 is 2.22 bits per heavy atom. The minimum absolute atomic E-state index is 0.149. The summed E-state index contributed by atoms with van der Waals surface area (Å²) in [6, 6.07) is -1.71. The van der Waals surface area contributed by atoms with Crippen molar-refractivity contribution in [2.45, 2.75) is 39.3 Å². The number of nitrogens with one attached hydrogen (secondary N) is 2. The summed E-state index contributed by atoms with van der Waals surface area (Å²) in [7, 11) is -1.00. The van der Waals surface area contributed by atoms with Crippen molar-refractivity contribution < 1.29 is 18.9 Å². The van der Waals surface area contributed by atoms with Gasteiger partial charge in [0.1, 0.15) is 6.04 Å². The minimum Gasteiger partial charge on any atom is -0.480 e. The summed E-state index contributed by atoms with van der Waals surface area (Å²) in [5, 5.41) is 14.0. The smallest absolute Gasteiger partial charge is 0.326 e. The summed E-state index contributed by atoms with van der Waals surface area (Å²) < 4.78 is 11.0. The molecule has 106 valence electrons. The predicted octanol–water partition coefficient (Wildman–Crippen LogP) is 0.552. The summed E-state index contributed by atoms with van der Waals surface area (Å²) in [4.78, 5) is 22.6. The highest BCUT2D eigenvalue weighted by Crippen LogP contribution is 2.07. The maximum absolute atomic E-state index is 11.6. The van der Waals surface area contributed by atoms with E-state index in [1.807, 2.05) is 6.92 Å². The van der Waals surface area contributed by atoms with Gasteiger partial charge in [-0.3, -0.25) is 4.21 Å². The Kier molecular flexibility index (Phi) is 7.58. The normalized spacial score (nSPS) is 17.3. The van der Waals surface area contributed by atoms with Gasteiger partial charge in [0.15, 0.2) is 0 Å². The molecule has 0 rings (SSSR count). The van der Waals surface area contributed by atoms with Crippen molar-refractivity contribution in [3.05, 3.63) is 0 Å². The van der Waals surface area contributed by atoms with E-state index in [9.17, 15) is 13.8 Å². The van der Waals surface area contributed by atoms with E-state index in [0.29, 0.717) is 12.2 Å². The number of urea groups is 1. The molecule has 0 aliphatic heterocycles. The van der Waals surface area contributed by atoms with E-state index in [1.54, 1.807) is 20.1 Å². The molecule has 0 saturated heterocycles.